The summed E-state index contributed by atoms with van der Waals surface area (Å²) in [7, 11) is 0. The lowest BCUT2D eigenvalue weighted by Crippen LogP contribution is -2.46. The fourth-order valence-corrected chi connectivity index (χ4v) is 2.14. The van der Waals surface area contributed by atoms with E-state index in [2.05, 4.69) is 24.5 Å². The van der Waals surface area contributed by atoms with E-state index in [9.17, 15) is 0 Å². The number of likely N-dealkylation sites (N-methyl/N-ethyl adjacent to an activating group) is 1. The zero-order valence-corrected chi connectivity index (χ0v) is 9.16. The van der Waals surface area contributed by atoms with Crippen molar-refractivity contribution in [3.63, 3.8) is 0 Å². The summed E-state index contributed by atoms with van der Waals surface area (Å²) in [6, 6.07) is 0. The predicted octanol–water partition coefficient (Wildman–Crippen LogP) is 1.91. The Morgan fingerprint density at radius 1 is 1.08 bits per heavy atom. The summed E-state index contributed by atoms with van der Waals surface area (Å²) >= 11 is 0. The van der Waals surface area contributed by atoms with Crippen molar-refractivity contribution in [2.45, 2.75) is 51.5 Å². The molecule has 1 fully saturated rings. The first-order valence-corrected chi connectivity index (χ1v) is 5.72. The molecule has 0 amide bonds. The third-order valence-corrected chi connectivity index (χ3v) is 3.06. The van der Waals surface area contributed by atoms with Gasteiger partial charge in [0, 0.05) is 18.6 Å². The zero-order chi connectivity index (χ0) is 9.57. The molecule has 0 spiro atoms. The molecule has 1 rings (SSSR count). The number of rotatable bonds is 5. The summed E-state index contributed by atoms with van der Waals surface area (Å²) < 4.78 is 0. The molecular weight excluding hydrogens is 160 g/mol. The Morgan fingerprint density at radius 2 is 1.77 bits per heavy atom. The summed E-state index contributed by atoms with van der Waals surface area (Å²) in [6.45, 7) is 7.83. The molecule has 0 saturated heterocycles. The first-order valence-electron chi connectivity index (χ1n) is 5.72. The molecule has 1 aliphatic carbocycles. The second kappa shape index (κ2) is 5.61. The SMILES string of the molecule is CCNCCNC1(C)CCCCC1. The van der Waals surface area contributed by atoms with Crippen LogP contribution < -0.4 is 10.6 Å². The molecular formula is C11H24N2. The third-order valence-electron chi connectivity index (χ3n) is 3.06. The van der Waals surface area contributed by atoms with Gasteiger partial charge in [-0.25, -0.2) is 0 Å². The molecule has 0 bridgehead atoms. The van der Waals surface area contributed by atoms with E-state index in [1.54, 1.807) is 0 Å². The van der Waals surface area contributed by atoms with Gasteiger partial charge < -0.3 is 10.6 Å². The van der Waals surface area contributed by atoms with E-state index in [-0.39, 0.29) is 0 Å². The average molecular weight is 184 g/mol. The minimum Gasteiger partial charge on any atom is -0.316 e. The fraction of sp³-hybridized carbons (Fsp3) is 1.00. The van der Waals surface area contributed by atoms with Gasteiger partial charge in [-0.15, -0.1) is 0 Å². The maximum Gasteiger partial charge on any atom is 0.0153 e. The van der Waals surface area contributed by atoms with Crippen LogP contribution in [0, 0.1) is 0 Å². The lowest BCUT2D eigenvalue weighted by atomic mass is 9.83. The Kier molecular flexibility index (Phi) is 4.74. The highest BCUT2D eigenvalue weighted by Gasteiger charge is 2.25. The smallest absolute Gasteiger partial charge is 0.0153 e. The molecule has 1 aliphatic rings. The normalized spacial score (nSPS) is 21.7. The van der Waals surface area contributed by atoms with Crippen LogP contribution in [0.25, 0.3) is 0 Å². The zero-order valence-electron chi connectivity index (χ0n) is 9.16. The Morgan fingerprint density at radius 3 is 2.38 bits per heavy atom. The number of hydrogen-bond donors (Lipinski definition) is 2. The highest BCUT2D eigenvalue weighted by atomic mass is 15.0. The third kappa shape index (κ3) is 4.10. The van der Waals surface area contributed by atoms with Gasteiger partial charge in [0.05, 0.1) is 0 Å². The Balaban J connectivity index is 2.10. The highest BCUT2D eigenvalue weighted by molar-refractivity contribution is 4.86. The number of nitrogens with one attached hydrogen (secondary N) is 2. The quantitative estimate of drug-likeness (QED) is 0.638. The molecule has 0 radical (unpaired) electrons. The van der Waals surface area contributed by atoms with Gasteiger partial charge in [-0.3, -0.25) is 0 Å². The van der Waals surface area contributed by atoms with Crippen molar-refractivity contribution in [1.82, 2.24) is 10.6 Å². The van der Waals surface area contributed by atoms with Crippen LogP contribution in [-0.4, -0.2) is 25.2 Å². The molecule has 13 heavy (non-hydrogen) atoms. The van der Waals surface area contributed by atoms with Crippen LogP contribution in [-0.2, 0) is 0 Å². The van der Waals surface area contributed by atoms with Gasteiger partial charge in [-0.2, -0.15) is 0 Å². The van der Waals surface area contributed by atoms with Gasteiger partial charge in [-0.1, -0.05) is 26.2 Å². The van der Waals surface area contributed by atoms with Crippen LogP contribution in [0.5, 0.6) is 0 Å². The largest absolute Gasteiger partial charge is 0.316 e. The molecule has 0 aromatic carbocycles. The maximum atomic E-state index is 3.67. The van der Waals surface area contributed by atoms with Crippen LogP contribution in [0.4, 0.5) is 0 Å². The average Bonchev–Trinajstić information content (AvgIpc) is 2.14. The van der Waals surface area contributed by atoms with E-state index >= 15 is 0 Å². The van der Waals surface area contributed by atoms with Crippen molar-refractivity contribution in [2.75, 3.05) is 19.6 Å². The Hall–Kier alpha value is -0.0800. The van der Waals surface area contributed by atoms with E-state index in [1.165, 1.54) is 32.1 Å². The molecule has 0 aromatic rings. The first-order chi connectivity index (χ1) is 6.27. The predicted molar refractivity (Wildman–Crippen MR) is 58.0 cm³/mol. The molecule has 0 aliphatic heterocycles. The minimum atomic E-state index is 0.438. The van der Waals surface area contributed by atoms with E-state index in [4.69, 9.17) is 0 Å². The van der Waals surface area contributed by atoms with E-state index in [0.29, 0.717) is 5.54 Å². The first kappa shape index (κ1) is 11.0. The molecule has 0 atom stereocenters. The van der Waals surface area contributed by atoms with Crippen molar-refractivity contribution in [2.24, 2.45) is 0 Å². The van der Waals surface area contributed by atoms with Gasteiger partial charge >= 0.3 is 0 Å². The van der Waals surface area contributed by atoms with Gasteiger partial charge in [0.15, 0.2) is 0 Å². The lowest BCUT2D eigenvalue weighted by molar-refractivity contribution is 0.255. The summed E-state index contributed by atoms with van der Waals surface area (Å²) in [5, 5.41) is 7.01. The summed E-state index contributed by atoms with van der Waals surface area (Å²) in [6.07, 6.45) is 6.97. The molecule has 1 saturated carbocycles. The van der Waals surface area contributed by atoms with Gasteiger partial charge in [0.1, 0.15) is 0 Å². The Labute approximate surface area is 82.5 Å². The topological polar surface area (TPSA) is 24.1 Å². The van der Waals surface area contributed by atoms with Crippen molar-refractivity contribution < 1.29 is 0 Å². The van der Waals surface area contributed by atoms with Crippen molar-refractivity contribution in [3.05, 3.63) is 0 Å². The summed E-state index contributed by atoms with van der Waals surface area (Å²) in [5.41, 5.74) is 0.438. The van der Waals surface area contributed by atoms with Gasteiger partial charge in [0.25, 0.3) is 0 Å². The van der Waals surface area contributed by atoms with Crippen LogP contribution >= 0.6 is 0 Å². The van der Waals surface area contributed by atoms with Crippen LogP contribution in [0.2, 0.25) is 0 Å². The molecule has 2 N–H and O–H groups in total. The molecule has 2 heteroatoms. The second-order valence-electron chi connectivity index (χ2n) is 4.40. The highest BCUT2D eigenvalue weighted by Crippen LogP contribution is 2.26. The lowest BCUT2D eigenvalue weighted by Gasteiger charge is -2.34. The minimum absolute atomic E-state index is 0.438. The monoisotopic (exact) mass is 184 g/mol. The molecule has 2 nitrogen and oxygen atoms in total. The summed E-state index contributed by atoms with van der Waals surface area (Å²) in [5.74, 6) is 0. The summed E-state index contributed by atoms with van der Waals surface area (Å²) in [4.78, 5) is 0. The van der Waals surface area contributed by atoms with Crippen LogP contribution in [0.1, 0.15) is 46.0 Å². The van der Waals surface area contributed by atoms with Crippen LogP contribution in [0.15, 0.2) is 0 Å². The molecule has 0 unspecified atom stereocenters. The van der Waals surface area contributed by atoms with Crippen LogP contribution in [0.3, 0.4) is 0 Å². The van der Waals surface area contributed by atoms with E-state index in [0.717, 1.165) is 19.6 Å². The van der Waals surface area contributed by atoms with Gasteiger partial charge in [-0.05, 0) is 26.3 Å². The second-order valence-corrected chi connectivity index (χ2v) is 4.40. The van der Waals surface area contributed by atoms with E-state index < -0.39 is 0 Å². The van der Waals surface area contributed by atoms with Crippen molar-refractivity contribution >= 4 is 0 Å². The van der Waals surface area contributed by atoms with E-state index in [1.807, 2.05) is 0 Å². The standard InChI is InChI=1S/C11H24N2/c1-3-12-9-10-13-11(2)7-5-4-6-8-11/h12-13H,3-10H2,1-2H3. The maximum absolute atomic E-state index is 3.67. The molecule has 0 aromatic heterocycles. The van der Waals surface area contributed by atoms with Crippen molar-refractivity contribution in [1.29, 1.82) is 0 Å². The Bertz CT molecular complexity index is 128. The number of hydrogen-bond acceptors (Lipinski definition) is 2. The van der Waals surface area contributed by atoms with Gasteiger partial charge in [0.2, 0.25) is 0 Å². The molecule has 0 heterocycles. The molecule has 78 valence electrons. The fourth-order valence-electron chi connectivity index (χ4n) is 2.14. The van der Waals surface area contributed by atoms with Crippen molar-refractivity contribution in [3.8, 4) is 0 Å².